The average Bonchev–Trinajstić information content (AvgIpc) is 3.03. The smallest absolute Gasteiger partial charge is 0.0846 e. The molecule has 1 saturated heterocycles. The lowest BCUT2D eigenvalue weighted by Crippen LogP contribution is -2.42. The van der Waals surface area contributed by atoms with Crippen LogP contribution < -0.4 is 5.32 Å². The van der Waals surface area contributed by atoms with Crippen LogP contribution in [-0.2, 0) is 11.3 Å². The van der Waals surface area contributed by atoms with Crippen molar-refractivity contribution >= 4 is 45.0 Å². The number of ether oxygens (including phenoxy) is 1. The molecule has 0 bridgehead atoms. The number of nitrogens with one attached hydrogen (secondary N) is 1. The van der Waals surface area contributed by atoms with Gasteiger partial charge in [-0.05, 0) is 50.5 Å². The quantitative estimate of drug-likeness (QED) is 0.602. The number of hydrogen-bond donors (Lipinski definition) is 2. The van der Waals surface area contributed by atoms with Crippen molar-refractivity contribution in [3.8, 4) is 0 Å². The lowest BCUT2D eigenvalue weighted by molar-refractivity contribution is 0.0119. The van der Waals surface area contributed by atoms with Gasteiger partial charge in [-0.3, -0.25) is 4.90 Å². The van der Waals surface area contributed by atoms with Gasteiger partial charge in [0.15, 0.2) is 0 Å². The van der Waals surface area contributed by atoms with E-state index in [9.17, 15) is 5.11 Å². The third kappa shape index (κ3) is 6.33. The first kappa shape index (κ1) is 24.9. The Morgan fingerprint density at radius 2 is 1.40 bits per heavy atom. The summed E-state index contributed by atoms with van der Waals surface area (Å²) >= 11 is 12.4. The second-order valence-electron chi connectivity index (χ2n) is 7.00. The van der Waals surface area contributed by atoms with Gasteiger partial charge in [0, 0.05) is 51.5 Å². The molecule has 0 amide bonds. The number of nitrogens with zero attached hydrogens (tertiary/aromatic N) is 2. The Morgan fingerprint density at radius 3 is 1.87 bits per heavy atom. The van der Waals surface area contributed by atoms with Gasteiger partial charge in [-0.15, -0.1) is 0 Å². The first-order chi connectivity index (χ1) is 14.5. The summed E-state index contributed by atoms with van der Waals surface area (Å²) in [7, 11) is 3.75. The van der Waals surface area contributed by atoms with Crippen LogP contribution in [0.4, 0.5) is 0 Å². The van der Waals surface area contributed by atoms with Crippen molar-refractivity contribution in [2.45, 2.75) is 26.5 Å². The number of aromatic nitrogens is 1. The largest absolute Gasteiger partial charge is 0.390 e. The summed E-state index contributed by atoms with van der Waals surface area (Å²) in [6, 6.07) is 11.7. The van der Waals surface area contributed by atoms with Crippen molar-refractivity contribution < 1.29 is 9.84 Å². The molecule has 1 aliphatic heterocycles. The van der Waals surface area contributed by atoms with Gasteiger partial charge >= 0.3 is 0 Å². The summed E-state index contributed by atoms with van der Waals surface area (Å²) in [6.07, 6.45) is -0.455. The Hall–Kier alpha value is -1.34. The van der Waals surface area contributed by atoms with E-state index in [4.69, 9.17) is 27.9 Å². The number of aliphatic hydroxyl groups excluding tert-OH is 1. The number of fused-ring (bicyclic) bond motifs is 3. The van der Waals surface area contributed by atoms with E-state index in [2.05, 4.69) is 14.8 Å². The van der Waals surface area contributed by atoms with Crippen LogP contribution in [0.1, 0.15) is 13.8 Å². The summed E-state index contributed by atoms with van der Waals surface area (Å²) in [6.45, 7) is 8.38. The monoisotopic (exact) mass is 453 g/mol. The van der Waals surface area contributed by atoms with Crippen molar-refractivity contribution in [2.75, 3.05) is 46.9 Å². The van der Waals surface area contributed by atoms with Crippen LogP contribution in [0.15, 0.2) is 36.4 Å². The van der Waals surface area contributed by atoms with Crippen LogP contribution in [0.2, 0.25) is 10.0 Å². The maximum absolute atomic E-state index is 10.6. The molecule has 166 valence electrons. The Kier molecular flexibility index (Phi) is 10.4. The molecule has 7 heteroatoms. The molecule has 0 spiro atoms. The highest BCUT2D eigenvalue weighted by Gasteiger charge is 2.18. The molecular weight excluding hydrogens is 421 g/mol. The van der Waals surface area contributed by atoms with Gasteiger partial charge in [0.1, 0.15) is 0 Å². The van der Waals surface area contributed by atoms with Crippen molar-refractivity contribution in [2.24, 2.45) is 0 Å². The van der Waals surface area contributed by atoms with Gasteiger partial charge < -0.3 is 19.7 Å². The summed E-state index contributed by atoms with van der Waals surface area (Å²) in [5.41, 5.74) is 2.12. The van der Waals surface area contributed by atoms with Crippen LogP contribution >= 0.6 is 23.2 Å². The highest BCUT2D eigenvalue weighted by atomic mass is 35.5. The Labute approximate surface area is 189 Å². The standard InChI is InChI=1S/C19H20Cl2N2O2.C2H7N.C2H6/c20-13-1-3-18-16(9-13)17-10-14(21)2-4-19(17)23(18)12-15(24)11-22-5-7-25-8-6-22;1-3-2;1-2/h1-4,9-10,15,24H,5-8,11-12H2;3H,1-2H3;1-2H3. The van der Waals surface area contributed by atoms with E-state index in [1.165, 1.54) is 0 Å². The van der Waals surface area contributed by atoms with Crippen LogP contribution in [0.5, 0.6) is 0 Å². The van der Waals surface area contributed by atoms with Crippen LogP contribution in [0.3, 0.4) is 0 Å². The number of benzene rings is 2. The zero-order valence-corrected chi connectivity index (χ0v) is 19.8. The summed E-state index contributed by atoms with van der Waals surface area (Å²) in [4.78, 5) is 2.25. The summed E-state index contributed by atoms with van der Waals surface area (Å²) < 4.78 is 7.53. The van der Waals surface area contributed by atoms with Gasteiger partial charge in [0.05, 0.1) is 25.9 Å². The Bertz CT molecular complexity index is 864. The molecule has 4 rings (SSSR count). The van der Waals surface area contributed by atoms with E-state index in [-0.39, 0.29) is 0 Å². The predicted octanol–water partition coefficient (Wildman–Crippen LogP) is 4.66. The zero-order valence-electron chi connectivity index (χ0n) is 18.3. The molecule has 0 radical (unpaired) electrons. The molecule has 0 aliphatic carbocycles. The first-order valence-corrected chi connectivity index (χ1v) is 11.2. The lowest BCUT2D eigenvalue weighted by Gasteiger charge is -2.28. The summed E-state index contributed by atoms with van der Waals surface area (Å²) in [5, 5.41) is 16.9. The minimum absolute atomic E-state index is 0.455. The maximum Gasteiger partial charge on any atom is 0.0846 e. The van der Waals surface area contributed by atoms with E-state index < -0.39 is 6.10 Å². The number of aliphatic hydroxyl groups is 1. The fourth-order valence-electron chi connectivity index (χ4n) is 3.60. The molecule has 1 aromatic heterocycles. The van der Waals surface area contributed by atoms with Crippen molar-refractivity contribution in [3.63, 3.8) is 0 Å². The molecule has 3 aromatic rings. The van der Waals surface area contributed by atoms with E-state index in [0.717, 1.165) is 48.1 Å². The number of morpholine rings is 1. The number of β-amino-alcohol motifs (C(OH)–C–C–N with tert-alkyl or cyclic N) is 1. The van der Waals surface area contributed by atoms with E-state index in [1.807, 2.05) is 64.3 Å². The molecule has 30 heavy (non-hydrogen) atoms. The fourth-order valence-corrected chi connectivity index (χ4v) is 3.94. The predicted molar refractivity (Wildman–Crippen MR) is 129 cm³/mol. The van der Waals surface area contributed by atoms with Gasteiger partial charge in [-0.25, -0.2) is 0 Å². The SMILES string of the molecule is CC.CNC.OC(CN1CCOCC1)Cn1c2ccc(Cl)cc2c2cc(Cl)ccc21. The summed E-state index contributed by atoms with van der Waals surface area (Å²) in [5.74, 6) is 0. The minimum atomic E-state index is -0.455. The molecule has 1 aliphatic rings. The molecule has 2 aromatic carbocycles. The zero-order chi connectivity index (χ0) is 22.1. The van der Waals surface area contributed by atoms with Gasteiger partial charge in [0.25, 0.3) is 0 Å². The Morgan fingerprint density at radius 1 is 0.933 bits per heavy atom. The normalized spacial score (nSPS) is 15.3. The molecule has 1 unspecified atom stereocenters. The van der Waals surface area contributed by atoms with Crippen LogP contribution in [-0.4, -0.2) is 67.6 Å². The van der Waals surface area contributed by atoms with E-state index in [1.54, 1.807) is 0 Å². The van der Waals surface area contributed by atoms with Gasteiger partial charge in [0.2, 0.25) is 0 Å². The van der Waals surface area contributed by atoms with Gasteiger partial charge in [-0.1, -0.05) is 37.0 Å². The van der Waals surface area contributed by atoms with Crippen LogP contribution in [0.25, 0.3) is 21.8 Å². The number of halogens is 2. The second kappa shape index (κ2) is 12.5. The molecule has 1 fully saturated rings. The second-order valence-corrected chi connectivity index (χ2v) is 7.87. The first-order valence-electron chi connectivity index (χ1n) is 10.5. The average molecular weight is 454 g/mol. The molecule has 5 nitrogen and oxygen atoms in total. The van der Waals surface area contributed by atoms with Crippen molar-refractivity contribution in [1.29, 1.82) is 0 Å². The van der Waals surface area contributed by atoms with Crippen LogP contribution in [0, 0.1) is 0 Å². The Balaban J connectivity index is 0.000000590. The van der Waals surface area contributed by atoms with Gasteiger partial charge in [-0.2, -0.15) is 0 Å². The van der Waals surface area contributed by atoms with Crippen molar-refractivity contribution in [1.82, 2.24) is 14.8 Å². The number of rotatable bonds is 4. The fraction of sp³-hybridized carbons (Fsp3) is 0.478. The molecule has 2 N–H and O–H groups in total. The van der Waals surface area contributed by atoms with Crippen molar-refractivity contribution in [3.05, 3.63) is 46.4 Å². The maximum atomic E-state index is 10.6. The van der Waals surface area contributed by atoms with E-state index in [0.29, 0.717) is 23.1 Å². The molecule has 2 heterocycles. The minimum Gasteiger partial charge on any atom is -0.390 e. The topological polar surface area (TPSA) is 49.7 Å². The highest BCUT2D eigenvalue weighted by Crippen LogP contribution is 2.33. The third-order valence-electron chi connectivity index (χ3n) is 4.75. The lowest BCUT2D eigenvalue weighted by atomic mass is 10.1. The third-order valence-corrected chi connectivity index (χ3v) is 5.23. The molecular formula is C23H33Cl2N3O2. The molecule has 0 saturated carbocycles. The molecule has 1 atom stereocenters. The van der Waals surface area contributed by atoms with E-state index >= 15 is 0 Å². The highest BCUT2D eigenvalue weighted by molar-refractivity contribution is 6.33. The number of hydrogen-bond acceptors (Lipinski definition) is 4.